The molecule has 0 aliphatic heterocycles. The third kappa shape index (κ3) is 3.15. The summed E-state index contributed by atoms with van der Waals surface area (Å²) in [7, 11) is 1.46. The maximum Gasteiger partial charge on any atom is 0.273 e. The Kier molecular flexibility index (Phi) is 3.96. The van der Waals surface area contributed by atoms with Gasteiger partial charge in [0.25, 0.3) is 5.69 Å². The maximum absolute atomic E-state index is 10.8. The summed E-state index contributed by atoms with van der Waals surface area (Å²) in [6, 6.07) is 9.27. The molecule has 0 radical (unpaired) electrons. The summed E-state index contributed by atoms with van der Waals surface area (Å²) in [5.41, 5.74) is 0.433. The Labute approximate surface area is 130 Å². The van der Waals surface area contributed by atoms with Crippen molar-refractivity contribution in [2.45, 2.75) is 6.61 Å². The molecule has 118 valence electrons. The third-order valence-corrected chi connectivity index (χ3v) is 3.06. The number of furan rings is 1. The number of rotatable bonds is 6. The topological polar surface area (TPSA) is 101 Å². The zero-order valence-electron chi connectivity index (χ0n) is 12.1. The fraction of sp³-hybridized carbons (Fsp3) is 0.133. The Balaban J connectivity index is 1.75. The Morgan fingerprint density at radius 1 is 1.22 bits per heavy atom. The zero-order chi connectivity index (χ0) is 16.2. The van der Waals surface area contributed by atoms with Crippen molar-refractivity contribution >= 4 is 5.69 Å². The van der Waals surface area contributed by atoms with Crippen LogP contribution in [0.1, 0.15) is 5.69 Å². The summed E-state index contributed by atoms with van der Waals surface area (Å²) in [5.74, 6) is 1.67. The van der Waals surface area contributed by atoms with Crippen LogP contribution in [0.15, 0.2) is 51.6 Å². The minimum atomic E-state index is -0.503. The lowest BCUT2D eigenvalue weighted by molar-refractivity contribution is -0.385. The molecule has 0 fully saturated rings. The predicted molar refractivity (Wildman–Crippen MR) is 78.2 cm³/mol. The van der Waals surface area contributed by atoms with Crippen LogP contribution in [-0.4, -0.2) is 17.2 Å². The average Bonchev–Trinajstić information content (AvgIpc) is 3.23. The first-order chi connectivity index (χ1) is 11.2. The molecule has 2 aromatic heterocycles. The quantitative estimate of drug-likeness (QED) is 0.507. The number of nitrogens with zero attached hydrogens (tertiary/aromatic N) is 2. The van der Waals surface area contributed by atoms with Gasteiger partial charge in [-0.15, -0.1) is 0 Å². The van der Waals surface area contributed by atoms with Gasteiger partial charge in [0.05, 0.1) is 24.4 Å². The van der Waals surface area contributed by atoms with Gasteiger partial charge in [0.1, 0.15) is 12.3 Å². The van der Waals surface area contributed by atoms with Crippen molar-refractivity contribution in [1.82, 2.24) is 5.16 Å². The van der Waals surface area contributed by atoms with E-state index in [4.69, 9.17) is 18.4 Å². The second-order valence-corrected chi connectivity index (χ2v) is 4.54. The highest BCUT2D eigenvalue weighted by Gasteiger charge is 2.14. The fourth-order valence-electron chi connectivity index (χ4n) is 1.96. The molecule has 23 heavy (non-hydrogen) atoms. The number of aromatic nitrogens is 1. The van der Waals surface area contributed by atoms with Gasteiger partial charge in [0.2, 0.25) is 5.76 Å². The van der Waals surface area contributed by atoms with Crippen LogP contribution in [0, 0.1) is 10.1 Å². The first-order valence-corrected chi connectivity index (χ1v) is 6.62. The number of hydrogen-bond donors (Lipinski definition) is 0. The fourth-order valence-corrected chi connectivity index (χ4v) is 1.96. The van der Waals surface area contributed by atoms with E-state index >= 15 is 0 Å². The molecule has 0 bridgehead atoms. The van der Waals surface area contributed by atoms with Gasteiger partial charge in [0.15, 0.2) is 17.3 Å². The minimum Gasteiger partial charge on any atom is -0.493 e. The van der Waals surface area contributed by atoms with E-state index in [1.807, 2.05) is 0 Å². The van der Waals surface area contributed by atoms with Crippen molar-refractivity contribution in [3.63, 3.8) is 0 Å². The van der Waals surface area contributed by atoms with Crippen molar-refractivity contribution in [3.05, 3.63) is 58.5 Å². The van der Waals surface area contributed by atoms with Gasteiger partial charge < -0.3 is 18.4 Å². The molecule has 0 N–H and O–H groups in total. The van der Waals surface area contributed by atoms with Crippen LogP contribution in [-0.2, 0) is 6.61 Å². The van der Waals surface area contributed by atoms with Crippen LogP contribution in [0.25, 0.3) is 11.5 Å². The molecule has 0 amide bonds. The molecule has 0 saturated heterocycles. The van der Waals surface area contributed by atoms with E-state index in [-0.39, 0.29) is 18.0 Å². The standard InChI is InChI=1S/C15H12N2O6/c1-20-12-5-4-11(17(18)19)8-14(12)22-9-10-7-15(23-16-10)13-3-2-6-21-13/h2-8H,9H2,1H3. The van der Waals surface area contributed by atoms with Crippen molar-refractivity contribution in [2.24, 2.45) is 0 Å². The van der Waals surface area contributed by atoms with Crippen molar-refractivity contribution in [2.75, 3.05) is 7.11 Å². The molecule has 0 unspecified atom stereocenters. The molecule has 0 spiro atoms. The molecule has 0 atom stereocenters. The number of nitro benzene ring substituents is 1. The van der Waals surface area contributed by atoms with E-state index in [2.05, 4.69) is 5.16 Å². The van der Waals surface area contributed by atoms with Gasteiger partial charge in [-0.05, 0) is 18.2 Å². The second-order valence-electron chi connectivity index (χ2n) is 4.54. The van der Waals surface area contributed by atoms with Crippen LogP contribution < -0.4 is 9.47 Å². The van der Waals surface area contributed by atoms with E-state index in [0.29, 0.717) is 23.0 Å². The lowest BCUT2D eigenvalue weighted by atomic mass is 10.3. The summed E-state index contributed by atoms with van der Waals surface area (Å²) in [5, 5.41) is 14.7. The highest BCUT2D eigenvalue weighted by Crippen LogP contribution is 2.32. The van der Waals surface area contributed by atoms with Crippen molar-refractivity contribution in [1.29, 1.82) is 0 Å². The smallest absolute Gasteiger partial charge is 0.273 e. The predicted octanol–water partition coefficient (Wildman–Crippen LogP) is 3.43. The van der Waals surface area contributed by atoms with E-state index in [0.717, 1.165) is 0 Å². The summed E-state index contributed by atoms with van der Waals surface area (Å²) in [6.45, 7) is 0.0712. The van der Waals surface area contributed by atoms with Gasteiger partial charge in [0, 0.05) is 12.1 Å². The number of ether oxygens (including phenoxy) is 2. The Bertz CT molecular complexity index is 809. The van der Waals surface area contributed by atoms with E-state index < -0.39 is 4.92 Å². The van der Waals surface area contributed by atoms with Gasteiger partial charge in [-0.3, -0.25) is 10.1 Å². The monoisotopic (exact) mass is 316 g/mol. The Morgan fingerprint density at radius 3 is 2.78 bits per heavy atom. The van der Waals surface area contributed by atoms with Crippen LogP contribution in [0.5, 0.6) is 11.5 Å². The lowest BCUT2D eigenvalue weighted by Gasteiger charge is -2.08. The van der Waals surface area contributed by atoms with E-state index in [1.54, 1.807) is 18.2 Å². The summed E-state index contributed by atoms with van der Waals surface area (Å²) in [6.07, 6.45) is 1.53. The van der Waals surface area contributed by atoms with E-state index in [9.17, 15) is 10.1 Å². The molecule has 3 aromatic rings. The molecule has 0 saturated carbocycles. The maximum atomic E-state index is 10.8. The normalized spacial score (nSPS) is 10.5. The van der Waals surface area contributed by atoms with Gasteiger partial charge in [-0.1, -0.05) is 5.16 Å². The third-order valence-electron chi connectivity index (χ3n) is 3.06. The highest BCUT2D eigenvalue weighted by molar-refractivity contribution is 5.50. The minimum absolute atomic E-state index is 0.0712. The Hall–Kier alpha value is -3.29. The molecule has 0 aliphatic carbocycles. The zero-order valence-corrected chi connectivity index (χ0v) is 12.1. The SMILES string of the molecule is COc1ccc([N+](=O)[O-])cc1OCc1cc(-c2ccco2)on1. The molecule has 2 heterocycles. The van der Waals surface area contributed by atoms with Gasteiger partial charge >= 0.3 is 0 Å². The van der Waals surface area contributed by atoms with Crippen molar-refractivity contribution < 1.29 is 23.3 Å². The van der Waals surface area contributed by atoms with Crippen molar-refractivity contribution in [3.8, 4) is 23.0 Å². The molecule has 8 nitrogen and oxygen atoms in total. The van der Waals surface area contributed by atoms with Crippen LogP contribution >= 0.6 is 0 Å². The molecular weight excluding hydrogens is 304 g/mol. The number of methoxy groups -OCH3 is 1. The first-order valence-electron chi connectivity index (χ1n) is 6.62. The van der Waals surface area contributed by atoms with Crippen LogP contribution in [0.4, 0.5) is 5.69 Å². The second kappa shape index (κ2) is 6.22. The lowest BCUT2D eigenvalue weighted by Crippen LogP contribution is -1.99. The highest BCUT2D eigenvalue weighted by atomic mass is 16.6. The Morgan fingerprint density at radius 2 is 2.09 bits per heavy atom. The average molecular weight is 316 g/mol. The number of hydrogen-bond acceptors (Lipinski definition) is 7. The van der Waals surface area contributed by atoms with Gasteiger partial charge in [-0.25, -0.2) is 0 Å². The summed E-state index contributed by atoms with van der Waals surface area (Å²) in [4.78, 5) is 10.3. The summed E-state index contributed by atoms with van der Waals surface area (Å²) >= 11 is 0. The summed E-state index contributed by atoms with van der Waals surface area (Å²) < 4.78 is 21.0. The number of nitro groups is 1. The molecule has 0 aliphatic rings. The van der Waals surface area contributed by atoms with E-state index in [1.165, 1.54) is 31.6 Å². The first kappa shape index (κ1) is 14.6. The molecule has 1 aromatic carbocycles. The number of benzene rings is 1. The molecular formula is C15H12N2O6. The largest absolute Gasteiger partial charge is 0.493 e. The van der Waals surface area contributed by atoms with Crippen LogP contribution in [0.2, 0.25) is 0 Å². The van der Waals surface area contributed by atoms with Gasteiger partial charge in [-0.2, -0.15) is 0 Å². The molecule has 8 heteroatoms. The molecule has 3 rings (SSSR count). The number of non-ortho nitro benzene ring substituents is 1. The van der Waals surface area contributed by atoms with Crippen LogP contribution in [0.3, 0.4) is 0 Å².